The van der Waals surface area contributed by atoms with Gasteiger partial charge in [-0.2, -0.15) is 0 Å². The number of nitro benzene ring substituents is 1. The highest BCUT2D eigenvalue weighted by molar-refractivity contribution is 9.09. The molecule has 0 fully saturated rings. The van der Waals surface area contributed by atoms with E-state index in [1.807, 2.05) is 0 Å². The molecule has 0 heterocycles. The van der Waals surface area contributed by atoms with Gasteiger partial charge in [0.05, 0.1) is 4.92 Å². The van der Waals surface area contributed by atoms with E-state index >= 15 is 0 Å². The maximum atomic E-state index is 11.8. The van der Waals surface area contributed by atoms with Crippen molar-refractivity contribution in [2.45, 2.75) is 13.3 Å². The summed E-state index contributed by atoms with van der Waals surface area (Å²) < 4.78 is 0. The second kappa shape index (κ2) is 6.34. The molecule has 5 nitrogen and oxygen atoms in total. The number of aryl methyl sites for hydroxylation is 1. The number of halogens is 1. The highest BCUT2D eigenvalue weighted by Gasteiger charge is 2.21. The summed E-state index contributed by atoms with van der Waals surface area (Å²) in [6, 6.07) is 4.60. The lowest BCUT2D eigenvalue weighted by Gasteiger charge is -2.07. The number of carbonyl (C=O) groups is 1. The first-order chi connectivity index (χ1) is 8.07. The number of nitrogens with zero attached hydrogens (tertiary/aromatic N) is 1. The van der Waals surface area contributed by atoms with Gasteiger partial charge in [0, 0.05) is 17.9 Å². The lowest BCUT2D eigenvalue weighted by Crippen LogP contribution is -2.26. The van der Waals surface area contributed by atoms with Crippen LogP contribution in [-0.2, 0) is 0 Å². The van der Waals surface area contributed by atoms with Gasteiger partial charge in [-0.3, -0.25) is 14.9 Å². The molecule has 0 saturated carbocycles. The van der Waals surface area contributed by atoms with E-state index in [4.69, 9.17) is 0 Å². The van der Waals surface area contributed by atoms with Crippen LogP contribution in [-0.4, -0.2) is 22.7 Å². The molecule has 0 atom stereocenters. The van der Waals surface area contributed by atoms with Crippen LogP contribution in [0.5, 0.6) is 0 Å². The second-order valence-corrected chi connectivity index (χ2v) is 4.32. The third-order valence-electron chi connectivity index (χ3n) is 2.27. The van der Waals surface area contributed by atoms with Gasteiger partial charge < -0.3 is 5.32 Å². The van der Waals surface area contributed by atoms with Gasteiger partial charge >= 0.3 is 0 Å². The van der Waals surface area contributed by atoms with Crippen molar-refractivity contribution < 1.29 is 9.72 Å². The van der Waals surface area contributed by atoms with Gasteiger partial charge in [-0.15, -0.1) is 0 Å². The number of nitrogens with one attached hydrogen (secondary N) is 1. The number of carbonyl (C=O) groups excluding carboxylic acids is 1. The molecule has 0 spiro atoms. The highest BCUT2D eigenvalue weighted by atomic mass is 79.9. The van der Waals surface area contributed by atoms with Gasteiger partial charge in [0.1, 0.15) is 5.56 Å². The first-order valence-corrected chi connectivity index (χ1v) is 6.28. The first kappa shape index (κ1) is 13.6. The fraction of sp³-hybridized carbons (Fsp3) is 0.364. The molecule has 0 unspecified atom stereocenters. The summed E-state index contributed by atoms with van der Waals surface area (Å²) in [5, 5.41) is 14.3. The maximum absolute atomic E-state index is 11.8. The Hall–Kier alpha value is -1.43. The highest BCUT2D eigenvalue weighted by Crippen LogP contribution is 2.21. The van der Waals surface area contributed by atoms with Crippen molar-refractivity contribution in [2.24, 2.45) is 0 Å². The number of nitro groups is 1. The van der Waals surface area contributed by atoms with Gasteiger partial charge in [0.2, 0.25) is 0 Å². The smallest absolute Gasteiger partial charge is 0.282 e. The number of amides is 1. The summed E-state index contributed by atoms with van der Waals surface area (Å²) >= 11 is 3.25. The fourth-order valence-corrected chi connectivity index (χ4v) is 1.74. The molecule has 92 valence electrons. The molecule has 0 radical (unpaired) electrons. The average Bonchev–Trinajstić information content (AvgIpc) is 2.28. The minimum absolute atomic E-state index is 0.145. The summed E-state index contributed by atoms with van der Waals surface area (Å²) in [6.07, 6.45) is 0.783. The Morgan fingerprint density at radius 1 is 1.53 bits per heavy atom. The van der Waals surface area contributed by atoms with E-state index in [9.17, 15) is 14.9 Å². The molecule has 0 aromatic heterocycles. The quantitative estimate of drug-likeness (QED) is 0.393. The topological polar surface area (TPSA) is 72.2 Å². The molecule has 6 heteroatoms. The zero-order valence-electron chi connectivity index (χ0n) is 9.40. The van der Waals surface area contributed by atoms with Crippen LogP contribution in [0.2, 0.25) is 0 Å². The van der Waals surface area contributed by atoms with E-state index in [1.165, 1.54) is 6.07 Å². The van der Waals surface area contributed by atoms with Crippen LogP contribution >= 0.6 is 15.9 Å². The lowest BCUT2D eigenvalue weighted by atomic mass is 10.1. The normalized spacial score (nSPS) is 10.0. The van der Waals surface area contributed by atoms with E-state index in [2.05, 4.69) is 21.2 Å². The van der Waals surface area contributed by atoms with Crippen LogP contribution < -0.4 is 5.32 Å². The number of alkyl halides is 1. The summed E-state index contributed by atoms with van der Waals surface area (Å²) in [5.74, 6) is -0.393. The number of hydrogen-bond donors (Lipinski definition) is 1. The van der Waals surface area contributed by atoms with E-state index < -0.39 is 10.8 Å². The lowest BCUT2D eigenvalue weighted by molar-refractivity contribution is -0.385. The molecule has 0 saturated heterocycles. The fourth-order valence-electron chi connectivity index (χ4n) is 1.46. The van der Waals surface area contributed by atoms with Crippen LogP contribution in [0.3, 0.4) is 0 Å². The van der Waals surface area contributed by atoms with Crippen LogP contribution in [0.1, 0.15) is 22.3 Å². The average molecular weight is 301 g/mol. The van der Waals surface area contributed by atoms with E-state index in [0.29, 0.717) is 12.1 Å². The van der Waals surface area contributed by atoms with Crippen molar-refractivity contribution in [3.8, 4) is 0 Å². The van der Waals surface area contributed by atoms with Crippen LogP contribution in [0.25, 0.3) is 0 Å². The molecule has 17 heavy (non-hydrogen) atoms. The Balaban J connectivity index is 2.95. The molecular weight excluding hydrogens is 288 g/mol. The van der Waals surface area contributed by atoms with E-state index in [-0.39, 0.29) is 11.3 Å². The number of hydrogen-bond acceptors (Lipinski definition) is 3. The van der Waals surface area contributed by atoms with E-state index in [1.54, 1.807) is 19.1 Å². The third kappa shape index (κ3) is 3.52. The third-order valence-corrected chi connectivity index (χ3v) is 2.83. The summed E-state index contributed by atoms with van der Waals surface area (Å²) in [5.41, 5.74) is 0.601. The minimum Gasteiger partial charge on any atom is -0.352 e. The zero-order chi connectivity index (χ0) is 12.8. The van der Waals surface area contributed by atoms with Gasteiger partial charge in [-0.05, 0) is 18.9 Å². The number of benzene rings is 1. The van der Waals surface area contributed by atoms with Crippen molar-refractivity contribution in [2.75, 3.05) is 11.9 Å². The predicted molar refractivity (Wildman–Crippen MR) is 68.6 cm³/mol. The van der Waals surface area contributed by atoms with Crippen molar-refractivity contribution >= 4 is 27.5 Å². The van der Waals surface area contributed by atoms with Crippen molar-refractivity contribution in [1.29, 1.82) is 0 Å². The summed E-state index contributed by atoms with van der Waals surface area (Å²) in [4.78, 5) is 22.1. The standard InChI is InChI=1S/C11H13BrN2O3/c1-8-4-2-5-9(14(16)17)10(8)11(15)13-7-3-6-12/h2,4-5H,3,6-7H2,1H3,(H,13,15). The molecule has 1 amide bonds. The SMILES string of the molecule is Cc1cccc([N+](=O)[O-])c1C(=O)NCCCBr. The van der Waals surface area contributed by atoms with E-state index in [0.717, 1.165) is 11.8 Å². The molecule has 1 rings (SSSR count). The van der Waals surface area contributed by atoms with Crippen LogP contribution in [0, 0.1) is 17.0 Å². The molecule has 1 aromatic carbocycles. The zero-order valence-corrected chi connectivity index (χ0v) is 11.0. The molecule has 0 aliphatic heterocycles. The minimum atomic E-state index is -0.535. The largest absolute Gasteiger partial charge is 0.352 e. The Bertz CT molecular complexity index is 435. The monoisotopic (exact) mass is 300 g/mol. The number of rotatable bonds is 5. The molecule has 1 N–H and O–H groups in total. The Kier molecular flexibility index (Phi) is 5.09. The molecule has 0 aliphatic rings. The molecular formula is C11H13BrN2O3. The second-order valence-electron chi connectivity index (χ2n) is 3.52. The maximum Gasteiger partial charge on any atom is 0.282 e. The van der Waals surface area contributed by atoms with Crippen molar-refractivity contribution in [3.05, 3.63) is 39.4 Å². The van der Waals surface area contributed by atoms with Crippen molar-refractivity contribution in [1.82, 2.24) is 5.32 Å². The summed E-state index contributed by atoms with van der Waals surface area (Å²) in [6.45, 7) is 2.18. The molecule has 0 bridgehead atoms. The molecule has 1 aromatic rings. The van der Waals surface area contributed by atoms with Crippen molar-refractivity contribution in [3.63, 3.8) is 0 Å². The Labute approximate surface area is 107 Å². The van der Waals surface area contributed by atoms with Crippen LogP contribution in [0.4, 0.5) is 5.69 Å². The van der Waals surface area contributed by atoms with Gasteiger partial charge in [0.15, 0.2) is 0 Å². The first-order valence-electron chi connectivity index (χ1n) is 5.16. The predicted octanol–water partition coefficient (Wildman–Crippen LogP) is 2.42. The van der Waals surface area contributed by atoms with Crippen LogP contribution in [0.15, 0.2) is 18.2 Å². The Morgan fingerprint density at radius 3 is 2.82 bits per heavy atom. The summed E-state index contributed by atoms with van der Waals surface area (Å²) in [7, 11) is 0. The van der Waals surface area contributed by atoms with Gasteiger partial charge in [0.25, 0.3) is 11.6 Å². The van der Waals surface area contributed by atoms with Gasteiger partial charge in [-0.1, -0.05) is 28.1 Å². The van der Waals surface area contributed by atoms with Gasteiger partial charge in [-0.25, -0.2) is 0 Å². The Morgan fingerprint density at radius 2 is 2.24 bits per heavy atom. The molecule has 0 aliphatic carbocycles.